The summed E-state index contributed by atoms with van der Waals surface area (Å²) in [5, 5.41) is 10.7. The van der Waals surface area contributed by atoms with E-state index in [0.717, 1.165) is 0 Å². The first-order chi connectivity index (χ1) is 4.92. The van der Waals surface area contributed by atoms with Gasteiger partial charge in [-0.25, -0.2) is 4.79 Å². The van der Waals surface area contributed by atoms with Gasteiger partial charge in [-0.05, 0) is 6.42 Å². The molecule has 0 bridgehead atoms. The van der Waals surface area contributed by atoms with Crippen molar-refractivity contribution in [2.24, 2.45) is 5.73 Å². The van der Waals surface area contributed by atoms with Gasteiger partial charge in [-0.2, -0.15) is 0 Å². The molecule has 0 fully saturated rings. The molecule has 11 heavy (non-hydrogen) atoms. The lowest BCUT2D eigenvalue weighted by Crippen LogP contribution is -2.60. The Hall–Kier alpha value is -1.10. The molecule has 4 N–H and O–H groups in total. The fraction of sp³-hybridized carbons (Fsp3) is 0.667. The van der Waals surface area contributed by atoms with Crippen molar-refractivity contribution >= 4 is 11.9 Å². The summed E-state index contributed by atoms with van der Waals surface area (Å²) in [6.45, 7) is 2.81. The Morgan fingerprint density at radius 3 is 2.18 bits per heavy atom. The third-order valence-corrected chi connectivity index (χ3v) is 1.34. The summed E-state index contributed by atoms with van der Waals surface area (Å²) >= 11 is 0. The number of carboxylic acids is 1. The van der Waals surface area contributed by atoms with Gasteiger partial charge in [-0.3, -0.25) is 10.5 Å². The van der Waals surface area contributed by atoms with Crippen LogP contribution < -0.4 is 11.1 Å². The Morgan fingerprint density at radius 2 is 2.09 bits per heavy atom. The molecule has 0 aliphatic rings. The second-order valence-electron chi connectivity index (χ2n) is 2.31. The van der Waals surface area contributed by atoms with Gasteiger partial charge in [0.25, 0.3) is 0 Å². The van der Waals surface area contributed by atoms with Gasteiger partial charge >= 0.3 is 5.97 Å². The maximum Gasteiger partial charge on any atom is 0.344 e. The zero-order valence-corrected chi connectivity index (χ0v) is 6.55. The van der Waals surface area contributed by atoms with Gasteiger partial charge in [0.2, 0.25) is 5.91 Å². The maximum atomic E-state index is 10.5. The van der Waals surface area contributed by atoms with Gasteiger partial charge in [0.1, 0.15) is 0 Å². The van der Waals surface area contributed by atoms with E-state index in [2.05, 4.69) is 5.32 Å². The molecular weight excluding hydrogens is 148 g/mol. The van der Waals surface area contributed by atoms with Gasteiger partial charge in [-0.1, -0.05) is 6.92 Å². The van der Waals surface area contributed by atoms with Crippen LogP contribution in [0.25, 0.3) is 0 Å². The lowest BCUT2D eigenvalue weighted by atomic mass is 10.1. The molecular formula is C6H12N2O3. The number of hydrogen-bond donors (Lipinski definition) is 3. The molecule has 0 saturated carbocycles. The van der Waals surface area contributed by atoms with Crippen molar-refractivity contribution in [2.45, 2.75) is 25.9 Å². The summed E-state index contributed by atoms with van der Waals surface area (Å²) in [6, 6.07) is 0. The van der Waals surface area contributed by atoms with Crippen molar-refractivity contribution in [3.05, 3.63) is 0 Å². The van der Waals surface area contributed by atoms with E-state index in [-0.39, 0.29) is 6.42 Å². The summed E-state index contributed by atoms with van der Waals surface area (Å²) in [5.74, 6) is -1.67. The van der Waals surface area contributed by atoms with Crippen molar-refractivity contribution in [3.63, 3.8) is 0 Å². The van der Waals surface area contributed by atoms with E-state index in [9.17, 15) is 9.59 Å². The van der Waals surface area contributed by atoms with E-state index in [0.29, 0.717) is 0 Å². The van der Waals surface area contributed by atoms with Crippen molar-refractivity contribution in [2.75, 3.05) is 0 Å². The molecule has 0 aliphatic heterocycles. The van der Waals surface area contributed by atoms with Gasteiger partial charge in [0, 0.05) is 6.92 Å². The molecule has 5 nitrogen and oxygen atoms in total. The lowest BCUT2D eigenvalue weighted by Gasteiger charge is -2.23. The van der Waals surface area contributed by atoms with Crippen LogP contribution in [0.3, 0.4) is 0 Å². The average Bonchev–Trinajstić information content (AvgIpc) is 1.86. The fourth-order valence-electron chi connectivity index (χ4n) is 0.607. The van der Waals surface area contributed by atoms with Crippen LogP contribution in [0.15, 0.2) is 0 Å². The number of hydrogen-bond acceptors (Lipinski definition) is 3. The summed E-state index contributed by atoms with van der Waals surface area (Å²) in [5.41, 5.74) is 3.69. The third kappa shape index (κ3) is 2.55. The van der Waals surface area contributed by atoms with Crippen LogP contribution in [0.4, 0.5) is 0 Å². The Morgan fingerprint density at radius 1 is 1.64 bits per heavy atom. The van der Waals surface area contributed by atoms with Gasteiger partial charge in [0.05, 0.1) is 0 Å². The third-order valence-electron chi connectivity index (χ3n) is 1.34. The zero-order valence-electron chi connectivity index (χ0n) is 6.55. The highest BCUT2D eigenvalue weighted by Gasteiger charge is 2.32. The molecule has 0 aromatic rings. The Balaban J connectivity index is 4.34. The molecule has 0 heterocycles. The zero-order chi connectivity index (χ0) is 9.07. The smallest absolute Gasteiger partial charge is 0.344 e. The number of nitrogens with two attached hydrogens (primary N) is 1. The number of nitrogens with one attached hydrogen (secondary N) is 1. The topological polar surface area (TPSA) is 92.4 Å². The van der Waals surface area contributed by atoms with Gasteiger partial charge in [-0.15, -0.1) is 0 Å². The van der Waals surface area contributed by atoms with Crippen LogP contribution in [0.1, 0.15) is 20.3 Å². The van der Waals surface area contributed by atoms with Gasteiger partial charge in [0.15, 0.2) is 5.66 Å². The van der Waals surface area contributed by atoms with Crippen LogP contribution in [-0.2, 0) is 9.59 Å². The number of carbonyl (C=O) groups excluding carboxylic acids is 1. The second kappa shape index (κ2) is 3.34. The van der Waals surface area contributed by atoms with E-state index >= 15 is 0 Å². The quantitative estimate of drug-likeness (QED) is 0.475. The maximum absolute atomic E-state index is 10.5. The predicted octanol–water partition coefficient (Wildman–Crippen LogP) is -0.728. The number of carboxylic acid groups (broad SMARTS) is 1. The van der Waals surface area contributed by atoms with Gasteiger partial charge < -0.3 is 10.4 Å². The molecule has 1 amide bonds. The standard InChI is InChI=1S/C6H12N2O3/c1-3-6(7,5(10)11)8-4(2)9/h3,7H2,1-2H3,(H,8,9)(H,10,11). The Labute approximate surface area is 64.6 Å². The average molecular weight is 160 g/mol. The summed E-state index contributed by atoms with van der Waals surface area (Å²) in [6.07, 6.45) is 0.155. The minimum atomic E-state index is -1.62. The summed E-state index contributed by atoms with van der Waals surface area (Å²) in [7, 11) is 0. The SMILES string of the molecule is CCC(N)(NC(C)=O)C(=O)O. The number of amides is 1. The highest BCUT2D eigenvalue weighted by Crippen LogP contribution is 2.00. The first-order valence-corrected chi connectivity index (χ1v) is 3.23. The summed E-state index contributed by atoms with van der Waals surface area (Å²) < 4.78 is 0. The lowest BCUT2D eigenvalue weighted by molar-refractivity contribution is -0.147. The molecule has 5 heteroatoms. The van der Waals surface area contributed by atoms with Crippen LogP contribution in [-0.4, -0.2) is 22.6 Å². The van der Waals surface area contributed by atoms with Crippen LogP contribution in [0.2, 0.25) is 0 Å². The Bertz CT molecular complexity index is 181. The molecule has 1 atom stereocenters. The van der Waals surface area contributed by atoms with Crippen LogP contribution in [0.5, 0.6) is 0 Å². The minimum absolute atomic E-state index is 0.155. The number of rotatable bonds is 3. The number of aliphatic carboxylic acids is 1. The minimum Gasteiger partial charge on any atom is -0.478 e. The molecule has 0 aromatic carbocycles. The van der Waals surface area contributed by atoms with E-state index < -0.39 is 17.5 Å². The largest absolute Gasteiger partial charge is 0.478 e. The summed E-state index contributed by atoms with van der Waals surface area (Å²) in [4.78, 5) is 20.9. The first kappa shape index (κ1) is 9.90. The van der Waals surface area contributed by atoms with E-state index in [1.165, 1.54) is 6.92 Å². The van der Waals surface area contributed by atoms with Crippen molar-refractivity contribution in [3.8, 4) is 0 Å². The van der Waals surface area contributed by atoms with E-state index in [1.54, 1.807) is 6.92 Å². The van der Waals surface area contributed by atoms with Crippen molar-refractivity contribution in [1.82, 2.24) is 5.32 Å². The number of carbonyl (C=O) groups is 2. The Kier molecular flexibility index (Phi) is 3.00. The molecule has 64 valence electrons. The van der Waals surface area contributed by atoms with E-state index in [4.69, 9.17) is 10.8 Å². The van der Waals surface area contributed by atoms with Crippen LogP contribution >= 0.6 is 0 Å². The predicted molar refractivity (Wildman–Crippen MR) is 38.7 cm³/mol. The monoisotopic (exact) mass is 160 g/mol. The molecule has 1 unspecified atom stereocenters. The van der Waals surface area contributed by atoms with Crippen molar-refractivity contribution in [1.29, 1.82) is 0 Å². The molecule has 0 spiro atoms. The fourth-order valence-corrected chi connectivity index (χ4v) is 0.607. The second-order valence-corrected chi connectivity index (χ2v) is 2.31. The molecule has 0 aliphatic carbocycles. The first-order valence-electron chi connectivity index (χ1n) is 3.23. The molecule has 0 rings (SSSR count). The molecule has 0 aromatic heterocycles. The highest BCUT2D eigenvalue weighted by atomic mass is 16.4. The van der Waals surface area contributed by atoms with E-state index in [1.807, 2.05) is 0 Å². The van der Waals surface area contributed by atoms with Crippen LogP contribution in [0, 0.1) is 0 Å². The molecule has 0 radical (unpaired) electrons. The highest BCUT2D eigenvalue weighted by molar-refractivity contribution is 5.85. The van der Waals surface area contributed by atoms with Crippen molar-refractivity contribution < 1.29 is 14.7 Å². The normalized spacial score (nSPS) is 15.2. The molecule has 0 saturated heterocycles.